The first-order valence-corrected chi connectivity index (χ1v) is 11.7. The fourth-order valence-electron chi connectivity index (χ4n) is 3.63. The zero-order valence-corrected chi connectivity index (χ0v) is 20.8. The van der Waals surface area contributed by atoms with Crippen molar-refractivity contribution in [2.24, 2.45) is 10.9 Å². The van der Waals surface area contributed by atoms with Crippen molar-refractivity contribution < 1.29 is 27.8 Å². The average Bonchev–Trinajstić information content (AvgIpc) is 2.77. The molecule has 0 bridgehead atoms. The van der Waals surface area contributed by atoms with Crippen LogP contribution in [0, 0.1) is 5.92 Å². The summed E-state index contributed by atoms with van der Waals surface area (Å²) in [7, 11) is 0. The monoisotopic (exact) mass is 493 g/mol. The van der Waals surface area contributed by atoms with E-state index >= 15 is 0 Å². The lowest BCUT2D eigenvalue weighted by atomic mass is 10.0. The highest BCUT2D eigenvalue weighted by molar-refractivity contribution is 6.03. The maximum atomic E-state index is 12.8. The van der Waals surface area contributed by atoms with Gasteiger partial charge in [0.25, 0.3) is 0 Å². The summed E-state index contributed by atoms with van der Waals surface area (Å²) >= 11 is 0. The van der Waals surface area contributed by atoms with Crippen LogP contribution in [0.15, 0.2) is 53.2 Å². The highest BCUT2D eigenvalue weighted by Gasteiger charge is 2.32. The number of piperazine rings is 1. The number of ketones is 1. The normalized spacial score (nSPS) is 19.3. The van der Waals surface area contributed by atoms with Crippen molar-refractivity contribution in [1.82, 2.24) is 10.2 Å². The molecule has 0 aromatic heterocycles. The number of nitrogens with one attached hydrogen (secondary N) is 1. The van der Waals surface area contributed by atoms with Crippen LogP contribution in [0.1, 0.15) is 46.6 Å². The number of aromatic hydroxyl groups is 1. The summed E-state index contributed by atoms with van der Waals surface area (Å²) in [5.41, 5.74) is 2.11. The second-order valence-corrected chi connectivity index (χ2v) is 8.56. The Morgan fingerprint density at radius 2 is 2.09 bits per heavy atom. The fourth-order valence-corrected chi connectivity index (χ4v) is 3.63. The molecule has 1 aromatic carbocycles. The molecular formula is C26H34F3N3O3. The summed E-state index contributed by atoms with van der Waals surface area (Å²) in [6, 6.07) is 3.87. The summed E-state index contributed by atoms with van der Waals surface area (Å²) in [4.78, 5) is 18.9. The number of hydrogen-bond acceptors (Lipinski definition) is 6. The Kier molecular flexibility index (Phi) is 10.1. The minimum Gasteiger partial charge on any atom is -0.504 e. The molecule has 0 aliphatic carbocycles. The standard InChI is InChI=1S/C26H34F3N3O3/c1-6-17(3)22(10-9-21(7-2)32-13-12-30-18(4)16-32)31-23(14-19(5)33)20-8-11-24(34)25(15-20)35-26(27,28)29/h7-11,14-15,17-18,30,34H,6,12-13,16H2,1-5H3/b10-9-,21-7+,23-14-,31-22+/t17?,18-/m0/s1. The molecule has 1 unspecified atom stereocenters. The molecule has 0 saturated carbocycles. The molecule has 6 nitrogen and oxygen atoms in total. The number of alkyl halides is 3. The van der Waals surface area contributed by atoms with Gasteiger partial charge >= 0.3 is 6.36 Å². The van der Waals surface area contributed by atoms with Crippen molar-refractivity contribution in [3.63, 3.8) is 0 Å². The number of carbonyl (C=O) groups is 1. The van der Waals surface area contributed by atoms with Gasteiger partial charge in [-0.25, -0.2) is 0 Å². The molecule has 1 saturated heterocycles. The van der Waals surface area contributed by atoms with Crippen LogP contribution in [0.25, 0.3) is 5.70 Å². The van der Waals surface area contributed by atoms with Crippen LogP contribution in [0.5, 0.6) is 11.5 Å². The smallest absolute Gasteiger partial charge is 0.504 e. The van der Waals surface area contributed by atoms with Crippen molar-refractivity contribution in [3.05, 3.63) is 53.8 Å². The largest absolute Gasteiger partial charge is 0.573 e. The van der Waals surface area contributed by atoms with E-state index in [1.807, 2.05) is 39.0 Å². The summed E-state index contributed by atoms with van der Waals surface area (Å²) < 4.78 is 42.2. The maximum Gasteiger partial charge on any atom is 0.573 e. The zero-order valence-electron chi connectivity index (χ0n) is 20.8. The summed E-state index contributed by atoms with van der Waals surface area (Å²) in [6.45, 7) is 12.0. The third-order valence-electron chi connectivity index (χ3n) is 5.64. The molecule has 1 heterocycles. The van der Waals surface area contributed by atoms with Gasteiger partial charge in [-0.05, 0) is 63.5 Å². The fraction of sp³-hybridized carbons (Fsp3) is 0.462. The number of nitrogens with zero attached hydrogens (tertiary/aromatic N) is 2. The van der Waals surface area contributed by atoms with Crippen LogP contribution >= 0.6 is 0 Å². The van der Waals surface area contributed by atoms with Gasteiger partial charge in [-0.2, -0.15) is 0 Å². The Morgan fingerprint density at radius 1 is 1.37 bits per heavy atom. The number of carbonyl (C=O) groups excluding carboxylic acids is 1. The van der Waals surface area contributed by atoms with Crippen LogP contribution in [0.4, 0.5) is 13.2 Å². The molecule has 1 aliphatic heterocycles. The SMILES string of the molecule is C\C=C(/C=C\C(=N/C(=C\C(C)=O)c1ccc(O)c(OC(F)(F)F)c1)C(C)CC)N1CCN[C@@H](C)C1. The zero-order chi connectivity index (χ0) is 26.2. The van der Waals surface area contributed by atoms with Gasteiger partial charge in [0.2, 0.25) is 0 Å². The lowest BCUT2D eigenvalue weighted by Gasteiger charge is -2.34. The molecule has 1 fully saturated rings. The van der Waals surface area contributed by atoms with Crippen LogP contribution in [-0.2, 0) is 4.79 Å². The Balaban J connectivity index is 2.48. The minimum atomic E-state index is -4.97. The van der Waals surface area contributed by atoms with Crippen LogP contribution in [-0.4, -0.2) is 53.5 Å². The number of benzene rings is 1. The predicted molar refractivity (Wildman–Crippen MR) is 132 cm³/mol. The third kappa shape index (κ3) is 8.90. The highest BCUT2D eigenvalue weighted by Crippen LogP contribution is 2.34. The lowest BCUT2D eigenvalue weighted by molar-refractivity contribution is -0.275. The number of allylic oxidation sites excluding steroid dienone is 4. The van der Waals surface area contributed by atoms with Gasteiger partial charge in [-0.1, -0.05) is 19.9 Å². The van der Waals surface area contributed by atoms with Crippen LogP contribution in [0.2, 0.25) is 0 Å². The first-order chi connectivity index (χ1) is 16.4. The van der Waals surface area contributed by atoms with Gasteiger partial charge in [-0.15, -0.1) is 13.2 Å². The molecule has 0 radical (unpaired) electrons. The van der Waals surface area contributed by atoms with E-state index in [0.717, 1.165) is 43.9 Å². The van der Waals surface area contributed by atoms with Gasteiger partial charge in [0, 0.05) is 48.7 Å². The number of hydrogen-bond donors (Lipinski definition) is 2. The molecule has 2 N–H and O–H groups in total. The molecule has 35 heavy (non-hydrogen) atoms. The van der Waals surface area contributed by atoms with Gasteiger partial charge in [-0.3, -0.25) is 9.79 Å². The van der Waals surface area contributed by atoms with Crippen LogP contribution in [0.3, 0.4) is 0 Å². The number of phenolic OH excluding ortho intramolecular Hbond substituents is 1. The third-order valence-corrected chi connectivity index (χ3v) is 5.64. The van der Waals surface area contributed by atoms with Crippen molar-refractivity contribution >= 4 is 17.2 Å². The van der Waals surface area contributed by atoms with Gasteiger partial charge in [0.15, 0.2) is 17.3 Å². The van der Waals surface area contributed by atoms with Crippen molar-refractivity contribution in [2.75, 3.05) is 19.6 Å². The topological polar surface area (TPSA) is 74.2 Å². The summed E-state index contributed by atoms with van der Waals surface area (Å²) in [5.74, 6) is -1.72. The first kappa shape index (κ1) is 28.2. The van der Waals surface area contributed by atoms with Crippen molar-refractivity contribution in [3.8, 4) is 11.5 Å². The van der Waals surface area contributed by atoms with E-state index in [9.17, 15) is 23.1 Å². The maximum absolute atomic E-state index is 12.8. The molecule has 1 aromatic rings. The van der Waals surface area contributed by atoms with Gasteiger partial charge in [0.1, 0.15) is 0 Å². The summed E-state index contributed by atoms with van der Waals surface area (Å²) in [5, 5.41) is 13.2. The quantitative estimate of drug-likeness (QED) is 0.271. The molecule has 9 heteroatoms. The average molecular weight is 494 g/mol. The number of ether oxygens (including phenoxy) is 1. The van der Waals surface area contributed by atoms with E-state index in [1.54, 1.807) is 0 Å². The first-order valence-electron chi connectivity index (χ1n) is 11.7. The predicted octanol–water partition coefficient (Wildman–Crippen LogP) is 5.46. The minimum absolute atomic E-state index is 0.0182. The molecule has 2 rings (SSSR count). The summed E-state index contributed by atoms with van der Waals surface area (Å²) in [6.07, 6.45) is 2.94. The van der Waals surface area contributed by atoms with Gasteiger partial charge < -0.3 is 20.1 Å². The second-order valence-electron chi connectivity index (χ2n) is 8.56. The number of halogens is 3. The molecular weight excluding hydrogens is 459 g/mol. The van der Waals surface area contributed by atoms with Crippen molar-refractivity contribution in [2.45, 2.75) is 53.4 Å². The lowest BCUT2D eigenvalue weighted by Crippen LogP contribution is -2.48. The Hall–Kier alpha value is -3.07. The van der Waals surface area contributed by atoms with Crippen LogP contribution < -0.4 is 10.1 Å². The Morgan fingerprint density at radius 3 is 2.66 bits per heavy atom. The molecule has 0 spiro atoms. The van der Waals surface area contributed by atoms with E-state index in [-0.39, 0.29) is 23.0 Å². The number of aliphatic imine (C=N–C) groups is 1. The van der Waals surface area contributed by atoms with Crippen molar-refractivity contribution in [1.29, 1.82) is 0 Å². The van der Waals surface area contributed by atoms with Gasteiger partial charge in [0.05, 0.1) is 5.70 Å². The van der Waals surface area contributed by atoms with E-state index in [1.165, 1.54) is 19.1 Å². The number of rotatable bonds is 9. The molecule has 1 aliphatic rings. The van der Waals surface area contributed by atoms with E-state index < -0.39 is 17.9 Å². The molecule has 2 atom stereocenters. The Bertz CT molecular complexity index is 1010. The Labute approximate surface area is 204 Å². The second kappa shape index (κ2) is 12.6. The highest BCUT2D eigenvalue weighted by atomic mass is 19.4. The van der Waals surface area contributed by atoms with E-state index in [4.69, 9.17) is 0 Å². The number of phenols is 1. The molecule has 192 valence electrons. The van der Waals surface area contributed by atoms with E-state index in [2.05, 4.69) is 26.9 Å². The van der Waals surface area contributed by atoms with E-state index in [0.29, 0.717) is 11.8 Å². The molecule has 0 amide bonds.